The van der Waals surface area contributed by atoms with Gasteiger partial charge in [0.05, 0.1) is 12.0 Å². The maximum absolute atomic E-state index is 13.7. The van der Waals surface area contributed by atoms with Crippen molar-refractivity contribution in [2.24, 2.45) is 11.3 Å². The Balaban J connectivity index is 1.70. The number of carbonyl (C=O) groups is 2. The number of likely N-dealkylation sites (tertiary alicyclic amines) is 1. The van der Waals surface area contributed by atoms with Crippen LogP contribution in [-0.2, 0) is 20.9 Å². The summed E-state index contributed by atoms with van der Waals surface area (Å²) in [5.41, 5.74) is 2.19. The summed E-state index contributed by atoms with van der Waals surface area (Å²) in [6.45, 7) is 12.1. The molecule has 2 aliphatic rings. The van der Waals surface area contributed by atoms with E-state index in [2.05, 4.69) is 60.6 Å². The molecular weight excluding hydrogens is 414 g/mol. The lowest BCUT2D eigenvalue weighted by Crippen LogP contribution is -2.55. The van der Waals surface area contributed by atoms with Crippen LogP contribution in [0.1, 0.15) is 70.4 Å². The molecule has 2 amide bonds. The molecule has 0 saturated carbocycles. The molecule has 2 N–H and O–H groups in total. The van der Waals surface area contributed by atoms with Gasteiger partial charge in [0.15, 0.2) is 0 Å². The monoisotopic (exact) mass is 457 g/mol. The molecular formula is C27H43N3O3. The Morgan fingerprint density at radius 3 is 2.42 bits per heavy atom. The molecule has 6 nitrogen and oxygen atoms in total. The molecule has 33 heavy (non-hydrogen) atoms. The number of rotatable bonds is 4. The van der Waals surface area contributed by atoms with Crippen LogP contribution in [0.3, 0.4) is 0 Å². The molecule has 0 bridgehead atoms. The third kappa shape index (κ3) is 7.54. The first-order valence-corrected chi connectivity index (χ1v) is 12.7. The highest BCUT2D eigenvalue weighted by atomic mass is 16.5. The lowest BCUT2D eigenvalue weighted by molar-refractivity contribution is -0.138. The molecule has 1 spiro atoms. The normalized spacial score (nSPS) is 25.6. The van der Waals surface area contributed by atoms with E-state index in [1.807, 2.05) is 6.92 Å². The quantitative estimate of drug-likeness (QED) is 0.721. The van der Waals surface area contributed by atoms with Crippen molar-refractivity contribution in [1.82, 2.24) is 15.5 Å². The lowest BCUT2D eigenvalue weighted by atomic mass is 9.73. The van der Waals surface area contributed by atoms with Crippen LogP contribution in [0, 0.1) is 18.3 Å². The van der Waals surface area contributed by atoms with Gasteiger partial charge in [0.1, 0.15) is 6.04 Å². The molecule has 2 aliphatic heterocycles. The average Bonchev–Trinajstić information content (AvgIpc) is 2.78. The van der Waals surface area contributed by atoms with Crippen molar-refractivity contribution in [3.05, 3.63) is 35.4 Å². The predicted molar refractivity (Wildman–Crippen MR) is 132 cm³/mol. The highest BCUT2D eigenvalue weighted by Gasteiger charge is 2.42. The SMILES string of the molecule is Cc1ccc(CN2CCC3(CCCCOC[C@@H](C)NC(=O)[C@H](CC(C)C)NC3=O)CC2)cc1. The molecule has 2 atom stereocenters. The van der Waals surface area contributed by atoms with Gasteiger partial charge in [-0.1, -0.05) is 50.1 Å². The number of hydrogen-bond donors (Lipinski definition) is 2. The number of carbonyl (C=O) groups excluding carboxylic acids is 2. The highest BCUT2D eigenvalue weighted by Crippen LogP contribution is 2.38. The lowest BCUT2D eigenvalue weighted by Gasteiger charge is -2.41. The number of ether oxygens (including phenoxy) is 1. The van der Waals surface area contributed by atoms with Gasteiger partial charge in [-0.05, 0) is 70.5 Å². The van der Waals surface area contributed by atoms with Crippen LogP contribution in [0.4, 0.5) is 0 Å². The number of amides is 2. The summed E-state index contributed by atoms with van der Waals surface area (Å²) in [4.78, 5) is 29.1. The van der Waals surface area contributed by atoms with Crippen LogP contribution in [0.15, 0.2) is 24.3 Å². The van der Waals surface area contributed by atoms with E-state index in [1.54, 1.807) is 0 Å². The minimum absolute atomic E-state index is 0.0612. The van der Waals surface area contributed by atoms with Crippen LogP contribution >= 0.6 is 0 Å². The summed E-state index contributed by atoms with van der Waals surface area (Å²) in [5, 5.41) is 6.21. The molecule has 6 heteroatoms. The highest BCUT2D eigenvalue weighted by molar-refractivity contribution is 5.90. The van der Waals surface area contributed by atoms with Crippen LogP contribution < -0.4 is 10.6 Å². The van der Waals surface area contributed by atoms with Gasteiger partial charge in [0.2, 0.25) is 11.8 Å². The molecule has 184 valence electrons. The van der Waals surface area contributed by atoms with Crippen molar-refractivity contribution < 1.29 is 14.3 Å². The zero-order valence-electron chi connectivity index (χ0n) is 21.0. The molecule has 3 rings (SSSR count). The summed E-state index contributed by atoms with van der Waals surface area (Å²) in [7, 11) is 0. The van der Waals surface area contributed by atoms with Crippen molar-refractivity contribution in [3.63, 3.8) is 0 Å². The molecule has 0 unspecified atom stereocenters. The Hall–Kier alpha value is -1.92. The van der Waals surface area contributed by atoms with Gasteiger partial charge in [0.25, 0.3) is 0 Å². The van der Waals surface area contributed by atoms with Crippen LogP contribution in [0.5, 0.6) is 0 Å². The van der Waals surface area contributed by atoms with E-state index in [0.717, 1.165) is 51.7 Å². The summed E-state index contributed by atoms with van der Waals surface area (Å²) < 4.78 is 5.79. The first-order chi connectivity index (χ1) is 15.8. The van der Waals surface area contributed by atoms with Gasteiger partial charge in [-0.3, -0.25) is 14.5 Å². The van der Waals surface area contributed by atoms with Crippen molar-refractivity contribution in [3.8, 4) is 0 Å². The number of hydrogen-bond acceptors (Lipinski definition) is 4. The number of piperidine rings is 1. The van der Waals surface area contributed by atoms with Gasteiger partial charge in [-0.15, -0.1) is 0 Å². The van der Waals surface area contributed by atoms with E-state index in [4.69, 9.17) is 4.74 Å². The maximum Gasteiger partial charge on any atom is 0.242 e. The Kier molecular flexibility index (Phi) is 9.33. The summed E-state index contributed by atoms with van der Waals surface area (Å²) >= 11 is 0. The molecule has 2 heterocycles. The van der Waals surface area contributed by atoms with Crippen molar-refractivity contribution in [1.29, 1.82) is 0 Å². The third-order valence-corrected chi connectivity index (χ3v) is 7.10. The van der Waals surface area contributed by atoms with Gasteiger partial charge >= 0.3 is 0 Å². The van der Waals surface area contributed by atoms with Crippen LogP contribution in [0.25, 0.3) is 0 Å². The first-order valence-electron chi connectivity index (χ1n) is 12.7. The second kappa shape index (κ2) is 12.0. The van der Waals surface area contributed by atoms with Crippen molar-refractivity contribution in [2.45, 2.75) is 84.8 Å². The topological polar surface area (TPSA) is 70.7 Å². The largest absolute Gasteiger partial charge is 0.379 e. The van der Waals surface area contributed by atoms with Crippen LogP contribution in [0.2, 0.25) is 0 Å². The summed E-state index contributed by atoms with van der Waals surface area (Å²) in [5.74, 6) is 0.279. The smallest absolute Gasteiger partial charge is 0.242 e. The van der Waals surface area contributed by atoms with Crippen LogP contribution in [-0.4, -0.2) is 55.1 Å². The standard InChI is InChI=1S/C27H43N3O3/c1-20(2)17-24-25(31)28-22(4)19-33-16-6-5-11-27(26(32)29-24)12-14-30(15-13-27)18-23-9-7-21(3)8-10-23/h7-10,20,22,24H,5-6,11-19H2,1-4H3,(H,28,31)(H,29,32)/t22-,24+/m1/s1. The number of nitrogens with one attached hydrogen (secondary N) is 2. The predicted octanol–water partition coefficient (Wildman–Crippen LogP) is 3.81. The fourth-order valence-corrected chi connectivity index (χ4v) is 5.01. The van der Waals surface area contributed by atoms with Gasteiger partial charge in [-0.25, -0.2) is 0 Å². The van der Waals surface area contributed by atoms with E-state index < -0.39 is 11.5 Å². The zero-order chi connectivity index (χ0) is 23.8. The van der Waals surface area contributed by atoms with E-state index in [1.165, 1.54) is 11.1 Å². The molecule has 0 aromatic heterocycles. The fourth-order valence-electron chi connectivity index (χ4n) is 5.01. The Bertz CT molecular complexity index is 769. The fraction of sp³-hybridized carbons (Fsp3) is 0.704. The van der Waals surface area contributed by atoms with E-state index >= 15 is 0 Å². The van der Waals surface area contributed by atoms with E-state index in [9.17, 15) is 9.59 Å². The van der Waals surface area contributed by atoms with Crippen molar-refractivity contribution >= 4 is 11.8 Å². The van der Waals surface area contributed by atoms with Gasteiger partial charge in [0, 0.05) is 19.2 Å². The first kappa shape index (κ1) is 25.7. The number of aryl methyl sites for hydroxylation is 1. The van der Waals surface area contributed by atoms with Gasteiger partial charge in [-0.2, -0.15) is 0 Å². The molecule has 1 aromatic carbocycles. The Labute approximate surface area is 199 Å². The molecule has 0 radical (unpaired) electrons. The molecule has 1 aromatic rings. The third-order valence-electron chi connectivity index (χ3n) is 7.10. The molecule has 0 aliphatic carbocycles. The zero-order valence-corrected chi connectivity index (χ0v) is 21.0. The Morgan fingerprint density at radius 2 is 1.76 bits per heavy atom. The maximum atomic E-state index is 13.7. The second-order valence-corrected chi connectivity index (χ2v) is 10.6. The number of nitrogens with zero attached hydrogens (tertiary/aromatic N) is 1. The Morgan fingerprint density at radius 1 is 1.06 bits per heavy atom. The minimum atomic E-state index is -0.497. The summed E-state index contributed by atoms with van der Waals surface area (Å²) in [6.07, 6.45) is 5.07. The second-order valence-electron chi connectivity index (χ2n) is 10.6. The van der Waals surface area contributed by atoms with E-state index in [-0.39, 0.29) is 17.9 Å². The van der Waals surface area contributed by atoms with Gasteiger partial charge < -0.3 is 15.4 Å². The number of benzene rings is 1. The van der Waals surface area contributed by atoms with Crippen molar-refractivity contribution in [2.75, 3.05) is 26.3 Å². The molecule has 2 fully saturated rings. The molecule has 2 saturated heterocycles. The summed E-state index contributed by atoms with van der Waals surface area (Å²) in [6, 6.07) is 8.15. The average molecular weight is 458 g/mol. The minimum Gasteiger partial charge on any atom is -0.379 e. The van der Waals surface area contributed by atoms with E-state index in [0.29, 0.717) is 25.6 Å².